The van der Waals surface area contributed by atoms with E-state index in [0.717, 1.165) is 48.3 Å². The maximum absolute atomic E-state index is 13.0. The van der Waals surface area contributed by atoms with E-state index in [1.165, 1.54) is 22.1 Å². The summed E-state index contributed by atoms with van der Waals surface area (Å²) in [5.74, 6) is 0.167. The molecule has 3 nitrogen and oxygen atoms in total. The molecule has 3 aromatic carbocycles. The van der Waals surface area contributed by atoms with Gasteiger partial charge in [-0.3, -0.25) is 9.78 Å². The highest BCUT2D eigenvalue weighted by molar-refractivity contribution is 5.98. The number of hydrogen-bond donors (Lipinski definition) is 0. The molecule has 4 aromatic rings. The molecule has 1 aliphatic rings. The number of pyridine rings is 1. The second-order valence-electron chi connectivity index (χ2n) is 8.27. The lowest BCUT2D eigenvalue weighted by Crippen LogP contribution is -2.30. The molecule has 1 aliphatic heterocycles. The normalized spacial score (nSPS) is 13.3. The van der Waals surface area contributed by atoms with Crippen LogP contribution in [0.2, 0.25) is 0 Å². The van der Waals surface area contributed by atoms with E-state index in [2.05, 4.69) is 53.2 Å². The van der Waals surface area contributed by atoms with Gasteiger partial charge in [-0.2, -0.15) is 0 Å². The number of fused-ring (bicyclic) bond motifs is 3. The molecule has 154 valence electrons. The second kappa shape index (κ2) is 8.35. The minimum absolute atomic E-state index is 0.167. The van der Waals surface area contributed by atoms with E-state index in [1.54, 1.807) is 0 Å². The molecule has 0 unspecified atom stereocenters. The number of nitrogens with zero attached hydrogens (tertiary/aromatic N) is 2. The number of anilines is 1. The van der Waals surface area contributed by atoms with Crippen LogP contribution in [0.15, 0.2) is 79.0 Å². The lowest BCUT2D eigenvalue weighted by Gasteiger charge is -2.31. The third-order valence-electron chi connectivity index (χ3n) is 6.27. The van der Waals surface area contributed by atoms with E-state index in [0.29, 0.717) is 6.42 Å². The summed E-state index contributed by atoms with van der Waals surface area (Å²) in [5.41, 5.74) is 7.98. The van der Waals surface area contributed by atoms with Gasteiger partial charge in [0.2, 0.25) is 0 Å². The maximum Gasteiger partial charge on any atom is 0.167 e. The molecule has 0 N–H and O–H groups in total. The number of benzene rings is 3. The summed E-state index contributed by atoms with van der Waals surface area (Å²) in [6.45, 7) is 3.90. The lowest BCUT2D eigenvalue weighted by molar-refractivity contribution is 0.0993. The Balaban J connectivity index is 1.37. The van der Waals surface area contributed by atoms with Crippen molar-refractivity contribution in [3.63, 3.8) is 0 Å². The van der Waals surface area contributed by atoms with Crippen molar-refractivity contribution in [1.29, 1.82) is 0 Å². The summed E-state index contributed by atoms with van der Waals surface area (Å²) in [7, 11) is 0. The van der Waals surface area contributed by atoms with Crippen molar-refractivity contribution in [1.82, 2.24) is 4.98 Å². The van der Waals surface area contributed by atoms with Gasteiger partial charge in [0.1, 0.15) is 0 Å². The van der Waals surface area contributed by atoms with Gasteiger partial charge >= 0.3 is 0 Å². The van der Waals surface area contributed by atoms with E-state index in [1.807, 2.05) is 42.6 Å². The highest BCUT2D eigenvalue weighted by Crippen LogP contribution is 2.29. The Morgan fingerprint density at radius 1 is 0.968 bits per heavy atom. The van der Waals surface area contributed by atoms with E-state index < -0.39 is 0 Å². The summed E-state index contributed by atoms with van der Waals surface area (Å²) >= 11 is 0. The second-order valence-corrected chi connectivity index (χ2v) is 8.27. The standard InChI is InChI=1S/C28H26N2O/c1-2-20-7-5-8-21(15-20)16-28(31)22-9-6-10-24(17-22)30-14-13-25-23(19-30)18-29-27-12-4-3-11-26(25)27/h3-12,15,17-18H,2,13-14,16,19H2,1H3. The minimum atomic E-state index is 0.167. The molecular formula is C28H26N2O. The predicted octanol–water partition coefficient (Wildman–Crippen LogP) is 5.79. The molecule has 0 saturated heterocycles. The van der Waals surface area contributed by atoms with Crippen LogP contribution in [0.4, 0.5) is 5.69 Å². The summed E-state index contributed by atoms with van der Waals surface area (Å²) in [4.78, 5) is 20.0. The number of aryl methyl sites for hydroxylation is 1. The molecular weight excluding hydrogens is 380 g/mol. The highest BCUT2D eigenvalue weighted by atomic mass is 16.1. The molecule has 0 radical (unpaired) electrons. The first-order valence-electron chi connectivity index (χ1n) is 11.0. The molecule has 0 aliphatic carbocycles. The van der Waals surface area contributed by atoms with Gasteiger partial charge in [0, 0.05) is 42.3 Å². The number of carbonyl (C=O) groups excluding carboxylic acids is 1. The Morgan fingerprint density at radius 2 is 1.81 bits per heavy atom. The zero-order valence-corrected chi connectivity index (χ0v) is 17.8. The van der Waals surface area contributed by atoms with Crippen LogP contribution in [0.3, 0.4) is 0 Å². The van der Waals surface area contributed by atoms with Crippen LogP contribution >= 0.6 is 0 Å². The van der Waals surface area contributed by atoms with Crippen molar-refractivity contribution in [2.24, 2.45) is 0 Å². The molecule has 0 amide bonds. The first-order valence-corrected chi connectivity index (χ1v) is 11.0. The fraction of sp³-hybridized carbons (Fsp3) is 0.214. The molecule has 0 bridgehead atoms. The molecule has 0 saturated carbocycles. The summed E-state index contributed by atoms with van der Waals surface area (Å²) in [5, 5.41) is 1.26. The average Bonchev–Trinajstić information content (AvgIpc) is 2.83. The molecule has 0 spiro atoms. The van der Waals surface area contributed by atoms with E-state index in [4.69, 9.17) is 0 Å². The Labute approximate surface area is 183 Å². The molecule has 3 heteroatoms. The van der Waals surface area contributed by atoms with Crippen molar-refractivity contribution in [3.8, 4) is 0 Å². The number of ketones is 1. The lowest BCUT2D eigenvalue weighted by atomic mass is 9.96. The zero-order valence-electron chi connectivity index (χ0n) is 17.8. The van der Waals surface area contributed by atoms with E-state index >= 15 is 0 Å². The van der Waals surface area contributed by atoms with E-state index in [-0.39, 0.29) is 5.78 Å². The van der Waals surface area contributed by atoms with Crippen LogP contribution in [-0.2, 0) is 25.8 Å². The minimum Gasteiger partial charge on any atom is -0.367 e. The Kier molecular flexibility index (Phi) is 5.25. The maximum atomic E-state index is 13.0. The molecule has 5 rings (SSSR count). The predicted molar refractivity (Wildman–Crippen MR) is 127 cm³/mol. The molecule has 1 aromatic heterocycles. The quantitative estimate of drug-likeness (QED) is 0.394. The Hall–Kier alpha value is -3.46. The third kappa shape index (κ3) is 3.96. The van der Waals surface area contributed by atoms with Crippen LogP contribution in [0.5, 0.6) is 0 Å². The summed E-state index contributed by atoms with van der Waals surface area (Å²) in [6, 6.07) is 24.8. The SMILES string of the molecule is CCc1cccc(CC(=O)c2cccc(N3CCc4c(cnc5ccccc45)C3)c2)c1. The van der Waals surface area contributed by atoms with Gasteiger partial charge in [-0.25, -0.2) is 0 Å². The van der Waals surface area contributed by atoms with Crippen LogP contribution in [0.25, 0.3) is 10.9 Å². The largest absolute Gasteiger partial charge is 0.367 e. The highest BCUT2D eigenvalue weighted by Gasteiger charge is 2.20. The molecule has 2 heterocycles. The van der Waals surface area contributed by atoms with Gasteiger partial charge in [-0.15, -0.1) is 0 Å². The smallest absolute Gasteiger partial charge is 0.167 e. The van der Waals surface area contributed by atoms with Gasteiger partial charge in [-0.1, -0.05) is 61.5 Å². The summed E-state index contributed by atoms with van der Waals surface area (Å²) < 4.78 is 0. The van der Waals surface area contributed by atoms with Crippen LogP contribution in [-0.4, -0.2) is 17.3 Å². The summed E-state index contributed by atoms with van der Waals surface area (Å²) in [6.07, 6.45) is 4.42. The first-order chi connectivity index (χ1) is 15.2. The number of hydrogen-bond acceptors (Lipinski definition) is 3. The van der Waals surface area contributed by atoms with Gasteiger partial charge in [-0.05, 0) is 53.3 Å². The molecule has 0 fully saturated rings. The van der Waals surface area contributed by atoms with Crippen LogP contribution < -0.4 is 4.90 Å². The number of carbonyl (C=O) groups is 1. The fourth-order valence-electron chi connectivity index (χ4n) is 4.55. The van der Waals surface area contributed by atoms with Gasteiger partial charge < -0.3 is 4.90 Å². The van der Waals surface area contributed by atoms with Crippen molar-refractivity contribution >= 4 is 22.4 Å². The number of Topliss-reactive ketones (excluding diaryl/α,β-unsaturated/α-hetero) is 1. The van der Waals surface area contributed by atoms with Crippen molar-refractivity contribution < 1.29 is 4.79 Å². The molecule has 0 atom stereocenters. The number of aromatic nitrogens is 1. The van der Waals surface area contributed by atoms with Crippen LogP contribution in [0, 0.1) is 0 Å². The Bertz CT molecular complexity index is 1260. The Morgan fingerprint density at radius 3 is 2.71 bits per heavy atom. The monoisotopic (exact) mass is 406 g/mol. The van der Waals surface area contributed by atoms with E-state index in [9.17, 15) is 4.79 Å². The zero-order chi connectivity index (χ0) is 21.2. The van der Waals surface area contributed by atoms with Crippen molar-refractivity contribution in [2.75, 3.05) is 11.4 Å². The molecule has 31 heavy (non-hydrogen) atoms. The van der Waals surface area contributed by atoms with Crippen molar-refractivity contribution in [2.45, 2.75) is 32.7 Å². The fourth-order valence-corrected chi connectivity index (χ4v) is 4.55. The first kappa shape index (κ1) is 19.5. The topological polar surface area (TPSA) is 33.2 Å². The van der Waals surface area contributed by atoms with Crippen LogP contribution in [0.1, 0.15) is 39.5 Å². The number of rotatable bonds is 5. The van der Waals surface area contributed by atoms with Crippen molar-refractivity contribution in [3.05, 3.63) is 107 Å². The van der Waals surface area contributed by atoms with Gasteiger partial charge in [0.25, 0.3) is 0 Å². The van der Waals surface area contributed by atoms with Gasteiger partial charge in [0.15, 0.2) is 5.78 Å². The van der Waals surface area contributed by atoms with Gasteiger partial charge in [0.05, 0.1) is 5.52 Å². The third-order valence-corrected chi connectivity index (χ3v) is 6.27. The number of para-hydroxylation sites is 1. The average molecular weight is 407 g/mol.